The minimum Gasteiger partial charge on any atom is -0.324 e. The van der Waals surface area contributed by atoms with Gasteiger partial charge in [0, 0.05) is 47.2 Å². The Bertz CT molecular complexity index is 978. The monoisotopic (exact) mass is 446 g/mol. The molecule has 1 aromatic carbocycles. The maximum absolute atomic E-state index is 13.0. The molecule has 0 radical (unpaired) electrons. The van der Waals surface area contributed by atoms with Crippen molar-refractivity contribution in [2.45, 2.75) is 56.0 Å². The van der Waals surface area contributed by atoms with Gasteiger partial charge < -0.3 is 11.5 Å². The SMILES string of the molecule is CC(C)CNS(=O)(=O)c1cc2c(c3cnc(C4CC4)cc13)[C@H](N)C[C@H]2N.Cl.Cl. The molecular formula is C19H28Cl2N4O2S. The van der Waals surface area contributed by atoms with E-state index in [0.717, 1.165) is 35.0 Å². The van der Waals surface area contributed by atoms with Crippen LogP contribution >= 0.6 is 24.8 Å². The first-order valence-corrected chi connectivity index (χ1v) is 10.7. The Labute approximate surface area is 178 Å². The van der Waals surface area contributed by atoms with Gasteiger partial charge in [0.2, 0.25) is 10.0 Å². The molecule has 1 heterocycles. The van der Waals surface area contributed by atoms with Crippen LogP contribution in [-0.4, -0.2) is 19.9 Å². The van der Waals surface area contributed by atoms with Crippen LogP contribution in [0.25, 0.3) is 10.8 Å². The number of pyridine rings is 1. The van der Waals surface area contributed by atoms with Crippen LogP contribution in [0.2, 0.25) is 0 Å². The summed E-state index contributed by atoms with van der Waals surface area (Å²) in [6, 6.07) is 3.24. The Kier molecular flexibility index (Phi) is 7.01. The van der Waals surface area contributed by atoms with Crippen molar-refractivity contribution in [3.8, 4) is 0 Å². The standard InChI is InChI=1S/C19H26N4O2S.2ClH/c1-10(2)8-23-26(24,25)18-6-13-15(20)7-16(21)19(13)14-9-22-17(5-12(14)18)11-3-4-11;;/h5-6,9-11,15-16,23H,3-4,7-8,20-21H2,1-2H3;2*1H/t15-,16-;;/m1../s1. The molecule has 0 bridgehead atoms. The Balaban J connectivity index is 0.00000140. The maximum Gasteiger partial charge on any atom is 0.241 e. The van der Waals surface area contributed by atoms with E-state index in [1.807, 2.05) is 19.9 Å². The van der Waals surface area contributed by atoms with Crippen molar-refractivity contribution in [1.82, 2.24) is 9.71 Å². The highest BCUT2D eigenvalue weighted by molar-refractivity contribution is 7.89. The summed E-state index contributed by atoms with van der Waals surface area (Å²) in [5.74, 6) is 0.674. The van der Waals surface area contributed by atoms with Gasteiger partial charge in [-0.05, 0) is 48.4 Å². The second-order valence-corrected chi connectivity index (χ2v) is 9.74. The summed E-state index contributed by atoms with van der Waals surface area (Å²) >= 11 is 0. The van der Waals surface area contributed by atoms with Gasteiger partial charge in [-0.1, -0.05) is 13.8 Å². The Hall–Kier alpha value is -0.960. The zero-order valence-electron chi connectivity index (χ0n) is 16.0. The number of benzene rings is 1. The number of hydrogen-bond acceptors (Lipinski definition) is 5. The number of sulfonamides is 1. The molecule has 28 heavy (non-hydrogen) atoms. The molecule has 1 saturated carbocycles. The molecule has 156 valence electrons. The van der Waals surface area contributed by atoms with Crippen LogP contribution in [-0.2, 0) is 10.0 Å². The van der Waals surface area contributed by atoms with E-state index < -0.39 is 10.0 Å². The molecular weight excluding hydrogens is 419 g/mol. The predicted molar refractivity (Wildman–Crippen MR) is 117 cm³/mol. The molecule has 9 heteroatoms. The largest absolute Gasteiger partial charge is 0.324 e. The molecule has 0 amide bonds. The third-order valence-electron chi connectivity index (χ3n) is 5.32. The van der Waals surface area contributed by atoms with Crippen molar-refractivity contribution >= 4 is 45.6 Å². The van der Waals surface area contributed by atoms with E-state index >= 15 is 0 Å². The number of nitrogens with two attached hydrogens (primary N) is 2. The maximum atomic E-state index is 13.0. The summed E-state index contributed by atoms with van der Waals surface area (Å²) in [6.07, 6.45) is 4.64. The highest BCUT2D eigenvalue weighted by atomic mass is 35.5. The Morgan fingerprint density at radius 1 is 1.14 bits per heavy atom. The molecule has 1 aromatic heterocycles. The number of rotatable bonds is 5. The Morgan fingerprint density at radius 3 is 2.43 bits per heavy atom. The van der Waals surface area contributed by atoms with Gasteiger partial charge in [0.25, 0.3) is 0 Å². The summed E-state index contributed by atoms with van der Waals surface area (Å²) in [6.45, 7) is 4.35. The summed E-state index contributed by atoms with van der Waals surface area (Å²) in [5.41, 5.74) is 15.3. The van der Waals surface area contributed by atoms with Crippen LogP contribution in [0.3, 0.4) is 0 Å². The lowest BCUT2D eigenvalue weighted by Crippen LogP contribution is -2.28. The van der Waals surface area contributed by atoms with Crippen molar-refractivity contribution in [3.63, 3.8) is 0 Å². The smallest absolute Gasteiger partial charge is 0.241 e. The van der Waals surface area contributed by atoms with Crippen LogP contribution in [0.5, 0.6) is 0 Å². The lowest BCUT2D eigenvalue weighted by Gasteiger charge is -2.16. The van der Waals surface area contributed by atoms with Gasteiger partial charge in [-0.25, -0.2) is 13.1 Å². The molecule has 2 atom stereocenters. The van der Waals surface area contributed by atoms with Gasteiger partial charge in [0.1, 0.15) is 0 Å². The fraction of sp³-hybridized carbons (Fsp3) is 0.526. The summed E-state index contributed by atoms with van der Waals surface area (Å²) in [4.78, 5) is 4.88. The lowest BCUT2D eigenvalue weighted by atomic mass is 9.99. The number of aromatic nitrogens is 1. The van der Waals surface area contributed by atoms with Crippen LogP contribution in [0, 0.1) is 5.92 Å². The number of nitrogens with one attached hydrogen (secondary N) is 1. The molecule has 2 aliphatic carbocycles. The third-order valence-corrected chi connectivity index (χ3v) is 6.79. The van der Waals surface area contributed by atoms with Crippen molar-refractivity contribution in [1.29, 1.82) is 0 Å². The topological polar surface area (TPSA) is 111 Å². The van der Waals surface area contributed by atoms with E-state index in [2.05, 4.69) is 9.71 Å². The van der Waals surface area contributed by atoms with Gasteiger partial charge in [-0.2, -0.15) is 0 Å². The van der Waals surface area contributed by atoms with Crippen LogP contribution < -0.4 is 16.2 Å². The average Bonchev–Trinajstić information content (AvgIpc) is 3.38. The van der Waals surface area contributed by atoms with Crippen molar-refractivity contribution in [2.75, 3.05) is 6.54 Å². The van der Waals surface area contributed by atoms with E-state index in [-0.39, 0.29) is 42.8 Å². The fourth-order valence-electron chi connectivity index (χ4n) is 3.76. The van der Waals surface area contributed by atoms with Gasteiger partial charge in [-0.15, -0.1) is 24.8 Å². The molecule has 5 N–H and O–H groups in total. The first-order valence-electron chi connectivity index (χ1n) is 9.25. The third kappa shape index (κ3) is 4.15. The van der Waals surface area contributed by atoms with Crippen molar-refractivity contribution in [2.24, 2.45) is 17.4 Å². The fourth-order valence-corrected chi connectivity index (χ4v) is 5.21. The number of nitrogens with zero attached hydrogens (tertiary/aromatic N) is 1. The van der Waals surface area contributed by atoms with Crippen LogP contribution in [0.4, 0.5) is 0 Å². The molecule has 0 unspecified atom stereocenters. The normalized spacial score (nSPS) is 21.3. The number of fused-ring (bicyclic) bond motifs is 3. The van der Waals surface area contributed by atoms with Gasteiger partial charge >= 0.3 is 0 Å². The van der Waals surface area contributed by atoms with Crippen molar-refractivity contribution < 1.29 is 8.42 Å². The second kappa shape index (κ2) is 8.42. The van der Waals surface area contributed by atoms with Crippen LogP contribution in [0.1, 0.15) is 67.9 Å². The molecule has 1 fully saturated rings. The predicted octanol–water partition coefficient (Wildman–Crippen LogP) is 3.29. The molecule has 0 aliphatic heterocycles. The highest BCUT2D eigenvalue weighted by Crippen LogP contribution is 2.45. The summed E-state index contributed by atoms with van der Waals surface area (Å²) < 4.78 is 28.8. The highest BCUT2D eigenvalue weighted by Gasteiger charge is 2.33. The minimum absolute atomic E-state index is 0. The minimum atomic E-state index is -3.64. The zero-order valence-corrected chi connectivity index (χ0v) is 18.5. The van der Waals surface area contributed by atoms with Gasteiger partial charge in [0.05, 0.1) is 4.90 Å². The molecule has 2 aliphatic rings. The lowest BCUT2D eigenvalue weighted by molar-refractivity contribution is 0.560. The molecule has 6 nitrogen and oxygen atoms in total. The molecule has 0 spiro atoms. The van der Waals surface area contributed by atoms with E-state index in [9.17, 15) is 8.42 Å². The number of hydrogen-bond donors (Lipinski definition) is 3. The van der Waals surface area contributed by atoms with Gasteiger partial charge in [-0.3, -0.25) is 4.98 Å². The molecule has 2 aromatic rings. The second-order valence-electron chi connectivity index (χ2n) is 8.00. The summed E-state index contributed by atoms with van der Waals surface area (Å²) in [5, 5.41) is 1.53. The van der Waals surface area contributed by atoms with Crippen molar-refractivity contribution in [3.05, 3.63) is 35.2 Å². The van der Waals surface area contributed by atoms with E-state index in [1.54, 1.807) is 12.3 Å². The van der Waals surface area contributed by atoms with E-state index in [0.29, 0.717) is 29.2 Å². The summed E-state index contributed by atoms with van der Waals surface area (Å²) in [7, 11) is -3.64. The van der Waals surface area contributed by atoms with Crippen LogP contribution in [0.15, 0.2) is 23.2 Å². The quantitative estimate of drug-likeness (QED) is 0.651. The number of halogens is 2. The molecule has 0 saturated heterocycles. The Morgan fingerprint density at radius 2 is 1.82 bits per heavy atom. The first kappa shape index (κ1) is 23.3. The molecule has 4 rings (SSSR count). The average molecular weight is 447 g/mol. The van der Waals surface area contributed by atoms with E-state index in [4.69, 9.17) is 11.5 Å². The van der Waals surface area contributed by atoms with Gasteiger partial charge in [0.15, 0.2) is 0 Å². The first-order chi connectivity index (χ1) is 12.3. The van der Waals surface area contributed by atoms with E-state index in [1.165, 1.54) is 0 Å². The zero-order chi connectivity index (χ0) is 18.6.